The van der Waals surface area contributed by atoms with Gasteiger partial charge in [-0.15, -0.1) is 22.7 Å². The summed E-state index contributed by atoms with van der Waals surface area (Å²) in [4.78, 5) is 0. The molecular weight excluding hydrogens is 669 g/mol. The minimum absolute atomic E-state index is 1.17. The number of hydrogen-bond acceptors (Lipinski definition) is 2. The van der Waals surface area contributed by atoms with E-state index < -0.39 is 0 Å². The van der Waals surface area contributed by atoms with Gasteiger partial charge < -0.3 is 9.13 Å². The van der Waals surface area contributed by atoms with E-state index in [4.69, 9.17) is 0 Å². The lowest BCUT2D eigenvalue weighted by Gasteiger charge is -2.11. The fraction of sp³-hybridized carbons (Fsp3) is 0. The lowest BCUT2D eigenvalue weighted by Crippen LogP contribution is -1.95. The summed E-state index contributed by atoms with van der Waals surface area (Å²) in [5.74, 6) is 0. The molecule has 0 spiro atoms. The third-order valence-electron chi connectivity index (χ3n) is 10.9. The highest BCUT2D eigenvalue weighted by atomic mass is 32.1. The molecule has 0 N–H and O–H groups in total. The number of nitrogens with zero attached hydrogens (tertiary/aromatic N) is 2. The number of aromatic nitrogens is 2. The van der Waals surface area contributed by atoms with Gasteiger partial charge in [-0.25, -0.2) is 0 Å². The Hall–Kier alpha value is -6.20. The van der Waals surface area contributed by atoms with Crippen molar-refractivity contribution in [3.05, 3.63) is 170 Å². The van der Waals surface area contributed by atoms with Gasteiger partial charge in [0, 0.05) is 67.6 Å². The molecule has 2 nitrogen and oxygen atoms in total. The second-order valence-corrected chi connectivity index (χ2v) is 15.8. The molecule has 0 radical (unpaired) electrons. The number of hydrogen-bond donors (Lipinski definition) is 0. The monoisotopic (exact) mass is 696 g/mol. The predicted octanol–water partition coefficient (Wildman–Crippen LogP) is 14.3. The second kappa shape index (κ2) is 10.7. The molecule has 12 aromatic rings. The Balaban J connectivity index is 1.18. The molecule has 0 aliphatic heterocycles. The Labute approximate surface area is 306 Å². The van der Waals surface area contributed by atoms with E-state index in [-0.39, 0.29) is 0 Å². The topological polar surface area (TPSA) is 9.86 Å². The van der Waals surface area contributed by atoms with E-state index in [1.807, 2.05) is 22.7 Å². The van der Waals surface area contributed by atoms with E-state index in [0.29, 0.717) is 0 Å². The summed E-state index contributed by atoms with van der Waals surface area (Å²) in [5.41, 5.74) is 9.85. The first-order valence-corrected chi connectivity index (χ1v) is 19.3. The zero-order chi connectivity index (χ0) is 33.9. The van der Waals surface area contributed by atoms with Crippen LogP contribution in [0.25, 0.3) is 106 Å². The maximum atomic E-state index is 2.52. The number of fused-ring (bicyclic) bond motifs is 13. The summed E-state index contributed by atoms with van der Waals surface area (Å²) in [6.07, 6.45) is 0. The molecule has 0 unspecified atom stereocenters. The van der Waals surface area contributed by atoms with Crippen LogP contribution in [0.4, 0.5) is 0 Å². The summed E-state index contributed by atoms with van der Waals surface area (Å²) in [5, 5.41) is 10.4. The molecule has 0 atom stereocenters. The van der Waals surface area contributed by atoms with Gasteiger partial charge in [-0.3, -0.25) is 0 Å². The Morgan fingerprint density at radius 1 is 0.365 bits per heavy atom. The highest BCUT2D eigenvalue weighted by Gasteiger charge is 2.22. The van der Waals surface area contributed by atoms with Gasteiger partial charge in [-0.2, -0.15) is 0 Å². The Morgan fingerprint density at radius 3 is 1.94 bits per heavy atom. The first kappa shape index (κ1) is 28.5. The Morgan fingerprint density at radius 2 is 1.06 bits per heavy atom. The summed E-state index contributed by atoms with van der Waals surface area (Å²) >= 11 is 3.78. The zero-order valence-electron chi connectivity index (χ0n) is 27.9. The molecule has 4 heterocycles. The first-order valence-electron chi connectivity index (χ1n) is 17.7. The standard InChI is InChI=1S/C48H28N2S2/c1-2-12-30(13-3-1)49-38-19-7-4-14-32(38)34-25-26-41-46(47(34)49)36-16-5-8-20-39(36)50(41)40-21-11-23-44-45(40)37-28-29(24-27-43(37)51-44)31-17-10-18-35-33-15-6-9-22-42(33)52-48(31)35/h1-28H. The van der Waals surface area contributed by atoms with Crippen molar-refractivity contribution in [1.29, 1.82) is 0 Å². The van der Waals surface area contributed by atoms with Gasteiger partial charge in [0.25, 0.3) is 0 Å². The number of para-hydroxylation sites is 3. The highest BCUT2D eigenvalue weighted by Crippen LogP contribution is 2.46. The van der Waals surface area contributed by atoms with Crippen LogP contribution in [0.1, 0.15) is 0 Å². The van der Waals surface area contributed by atoms with Crippen LogP contribution in [0, 0.1) is 0 Å². The maximum Gasteiger partial charge on any atom is 0.0641 e. The fourth-order valence-corrected chi connectivity index (χ4v) is 11.1. The average Bonchev–Trinajstić information content (AvgIpc) is 3.95. The number of thiophene rings is 2. The maximum absolute atomic E-state index is 2.52. The van der Waals surface area contributed by atoms with Crippen molar-refractivity contribution in [3.8, 4) is 22.5 Å². The molecule has 52 heavy (non-hydrogen) atoms. The Bertz CT molecular complexity index is 3410. The molecule has 0 saturated heterocycles. The van der Waals surface area contributed by atoms with Crippen LogP contribution in [0.15, 0.2) is 170 Å². The van der Waals surface area contributed by atoms with Crippen LogP contribution in [0.3, 0.4) is 0 Å². The quantitative estimate of drug-likeness (QED) is 0.174. The van der Waals surface area contributed by atoms with E-state index in [9.17, 15) is 0 Å². The van der Waals surface area contributed by atoms with Crippen molar-refractivity contribution in [2.24, 2.45) is 0 Å². The van der Waals surface area contributed by atoms with Crippen molar-refractivity contribution >= 4 is 107 Å². The molecule has 0 aliphatic carbocycles. The molecule has 8 aromatic carbocycles. The fourth-order valence-electron chi connectivity index (χ4n) is 8.75. The smallest absolute Gasteiger partial charge is 0.0641 e. The van der Waals surface area contributed by atoms with Gasteiger partial charge in [0.1, 0.15) is 0 Å². The van der Waals surface area contributed by atoms with Crippen LogP contribution >= 0.6 is 22.7 Å². The summed E-state index contributed by atoms with van der Waals surface area (Å²) in [6, 6.07) is 62.7. The summed E-state index contributed by atoms with van der Waals surface area (Å²) in [6.45, 7) is 0. The molecule has 0 bridgehead atoms. The van der Waals surface area contributed by atoms with E-state index in [0.717, 1.165) is 0 Å². The van der Waals surface area contributed by atoms with E-state index in [1.54, 1.807) is 0 Å². The van der Waals surface area contributed by atoms with Crippen LogP contribution < -0.4 is 0 Å². The minimum Gasteiger partial charge on any atom is -0.309 e. The predicted molar refractivity (Wildman–Crippen MR) is 226 cm³/mol. The molecular formula is C48H28N2S2. The molecule has 12 rings (SSSR count). The molecule has 0 fully saturated rings. The van der Waals surface area contributed by atoms with Crippen molar-refractivity contribution in [3.63, 3.8) is 0 Å². The zero-order valence-corrected chi connectivity index (χ0v) is 29.5. The van der Waals surface area contributed by atoms with Crippen molar-refractivity contribution in [1.82, 2.24) is 9.13 Å². The van der Waals surface area contributed by atoms with Gasteiger partial charge in [0.2, 0.25) is 0 Å². The van der Waals surface area contributed by atoms with Crippen LogP contribution in [0.5, 0.6) is 0 Å². The molecule has 242 valence electrons. The SMILES string of the molecule is c1ccc(-n2c3ccccc3c3ccc4c(c5ccccc5n4-c4cccc5sc6ccc(-c7cccc8c7sc7ccccc78)cc6c45)c32)cc1. The van der Waals surface area contributed by atoms with Crippen molar-refractivity contribution in [2.45, 2.75) is 0 Å². The third kappa shape index (κ3) is 3.83. The lowest BCUT2D eigenvalue weighted by molar-refractivity contribution is 1.18. The minimum atomic E-state index is 1.17. The summed E-state index contributed by atoms with van der Waals surface area (Å²) < 4.78 is 10.3. The molecule has 4 heteroatoms. The summed E-state index contributed by atoms with van der Waals surface area (Å²) in [7, 11) is 0. The number of rotatable bonds is 3. The lowest BCUT2D eigenvalue weighted by atomic mass is 10.0. The molecule has 0 saturated carbocycles. The van der Waals surface area contributed by atoms with Gasteiger partial charge in [-0.05, 0) is 71.8 Å². The second-order valence-electron chi connectivity index (χ2n) is 13.6. The van der Waals surface area contributed by atoms with Crippen LogP contribution in [-0.4, -0.2) is 9.13 Å². The largest absolute Gasteiger partial charge is 0.309 e. The van der Waals surface area contributed by atoms with Crippen LogP contribution in [-0.2, 0) is 0 Å². The molecule has 4 aromatic heterocycles. The van der Waals surface area contributed by atoms with Gasteiger partial charge >= 0.3 is 0 Å². The average molecular weight is 697 g/mol. The Kier molecular flexibility index (Phi) is 5.84. The van der Waals surface area contributed by atoms with Crippen molar-refractivity contribution < 1.29 is 0 Å². The van der Waals surface area contributed by atoms with Gasteiger partial charge in [0.15, 0.2) is 0 Å². The van der Waals surface area contributed by atoms with E-state index in [1.165, 1.54) is 106 Å². The normalized spacial score (nSPS) is 12.2. The molecule has 0 amide bonds. The molecule has 0 aliphatic rings. The first-order chi connectivity index (χ1) is 25.8. The number of benzene rings is 8. The van der Waals surface area contributed by atoms with Gasteiger partial charge in [-0.1, -0.05) is 109 Å². The van der Waals surface area contributed by atoms with E-state index in [2.05, 4.69) is 179 Å². The van der Waals surface area contributed by atoms with E-state index >= 15 is 0 Å². The van der Waals surface area contributed by atoms with Crippen LogP contribution in [0.2, 0.25) is 0 Å². The third-order valence-corrected chi connectivity index (χ3v) is 13.3. The van der Waals surface area contributed by atoms with Gasteiger partial charge in [0.05, 0.1) is 27.8 Å². The highest BCUT2D eigenvalue weighted by molar-refractivity contribution is 7.26. The van der Waals surface area contributed by atoms with Crippen molar-refractivity contribution in [2.75, 3.05) is 0 Å².